The average Bonchev–Trinajstić information content (AvgIpc) is 3.01. The van der Waals surface area contributed by atoms with Gasteiger partial charge in [-0.15, -0.1) is 0 Å². The molecule has 6 heteroatoms. The molecule has 0 aliphatic rings. The van der Waals surface area contributed by atoms with Crippen molar-refractivity contribution < 1.29 is 4.52 Å². The molecule has 0 unspecified atom stereocenters. The summed E-state index contributed by atoms with van der Waals surface area (Å²) in [6, 6.07) is 13.7. The highest BCUT2D eigenvalue weighted by Gasteiger charge is 2.12. The third-order valence-corrected chi connectivity index (χ3v) is 4.07. The Labute approximate surface area is 151 Å². The molecule has 0 atom stereocenters. The molecular weight excluding hydrogens is 326 g/mol. The van der Waals surface area contributed by atoms with Crippen molar-refractivity contribution in [3.63, 3.8) is 0 Å². The van der Waals surface area contributed by atoms with Gasteiger partial charge in [0.1, 0.15) is 5.76 Å². The monoisotopic (exact) mass is 343 g/mol. The highest BCUT2D eigenvalue weighted by atomic mass is 16.5. The lowest BCUT2D eigenvalue weighted by Crippen LogP contribution is -1.98. The van der Waals surface area contributed by atoms with E-state index >= 15 is 0 Å². The predicted octanol–water partition coefficient (Wildman–Crippen LogP) is 4.55. The maximum absolute atomic E-state index is 5.27. The van der Waals surface area contributed by atoms with Gasteiger partial charge in [0.15, 0.2) is 0 Å². The Morgan fingerprint density at radius 1 is 0.923 bits per heavy atom. The van der Waals surface area contributed by atoms with E-state index in [1.807, 2.05) is 56.3 Å². The molecule has 6 nitrogen and oxygen atoms in total. The molecule has 0 spiro atoms. The molecule has 0 aliphatic carbocycles. The van der Waals surface area contributed by atoms with E-state index in [4.69, 9.17) is 4.52 Å². The van der Waals surface area contributed by atoms with Gasteiger partial charge in [0, 0.05) is 35.4 Å². The Kier molecular flexibility index (Phi) is 4.15. The van der Waals surface area contributed by atoms with E-state index in [1.54, 1.807) is 18.6 Å². The van der Waals surface area contributed by atoms with Crippen molar-refractivity contribution in [2.75, 3.05) is 5.32 Å². The Hall–Kier alpha value is -3.54. The van der Waals surface area contributed by atoms with Crippen LogP contribution < -0.4 is 5.32 Å². The zero-order valence-electron chi connectivity index (χ0n) is 14.5. The molecule has 26 heavy (non-hydrogen) atoms. The number of rotatable bonds is 4. The third kappa shape index (κ3) is 3.17. The van der Waals surface area contributed by atoms with Crippen molar-refractivity contribution in [1.29, 1.82) is 0 Å². The van der Waals surface area contributed by atoms with E-state index in [9.17, 15) is 0 Å². The van der Waals surface area contributed by atoms with Gasteiger partial charge in [0.2, 0.25) is 5.95 Å². The molecule has 0 radical (unpaired) electrons. The summed E-state index contributed by atoms with van der Waals surface area (Å²) >= 11 is 0. The minimum atomic E-state index is 0.537. The second-order valence-electron chi connectivity index (χ2n) is 5.91. The number of nitrogens with zero attached hydrogens (tertiary/aromatic N) is 4. The quantitative estimate of drug-likeness (QED) is 0.585. The van der Waals surface area contributed by atoms with E-state index < -0.39 is 0 Å². The first kappa shape index (κ1) is 16.0. The van der Waals surface area contributed by atoms with Gasteiger partial charge in [0.05, 0.1) is 11.4 Å². The van der Waals surface area contributed by atoms with Crippen molar-refractivity contribution in [2.45, 2.75) is 13.8 Å². The van der Waals surface area contributed by atoms with Crippen LogP contribution in [0.15, 0.2) is 65.6 Å². The lowest BCUT2D eigenvalue weighted by atomic mass is 10.0. The second-order valence-corrected chi connectivity index (χ2v) is 5.91. The maximum atomic E-state index is 5.27. The number of aryl methyl sites for hydroxylation is 2. The van der Waals surface area contributed by atoms with Gasteiger partial charge in [0.25, 0.3) is 0 Å². The van der Waals surface area contributed by atoms with Crippen LogP contribution in [0.1, 0.15) is 11.5 Å². The van der Waals surface area contributed by atoms with Crippen LogP contribution in [0, 0.1) is 13.8 Å². The zero-order chi connectivity index (χ0) is 17.9. The average molecular weight is 343 g/mol. The van der Waals surface area contributed by atoms with E-state index in [1.165, 1.54) is 0 Å². The van der Waals surface area contributed by atoms with E-state index in [0.29, 0.717) is 5.95 Å². The molecule has 1 N–H and O–H groups in total. The molecule has 3 aromatic heterocycles. The van der Waals surface area contributed by atoms with Crippen LogP contribution in [0.4, 0.5) is 11.6 Å². The standard InChI is InChI=1S/C20H17N5O/c1-13-19(14(2)26-25-13)16-4-3-5-17(12-16)23-20-22-11-8-18(24-20)15-6-9-21-10-7-15/h3-12H,1-2H3,(H,22,23,24). The highest BCUT2D eigenvalue weighted by molar-refractivity contribution is 5.72. The zero-order valence-corrected chi connectivity index (χ0v) is 14.5. The van der Waals surface area contributed by atoms with Gasteiger partial charge >= 0.3 is 0 Å². The summed E-state index contributed by atoms with van der Waals surface area (Å²) in [5, 5.41) is 7.29. The lowest BCUT2D eigenvalue weighted by molar-refractivity contribution is 0.393. The topological polar surface area (TPSA) is 76.7 Å². The Bertz CT molecular complexity index is 1020. The van der Waals surface area contributed by atoms with Gasteiger partial charge in [-0.25, -0.2) is 9.97 Å². The molecule has 4 rings (SSSR count). The third-order valence-electron chi connectivity index (χ3n) is 4.07. The first-order valence-electron chi connectivity index (χ1n) is 8.24. The summed E-state index contributed by atoms with van der Waals surface area (Å²) < 4.78 is 5.27. The van der Waals surface area contributed by atoms with Crippen molar-refractivity contribution in [3.8, 4) is 22.4 Å². The van der Waals surface area contributed by atoms with Crippen molar-refractivity contribution >= 4 is 11.6 Å². The summed E-state index contributed by atoms with van der Waals surface area (Å²) in [4.78, 5) is 12.9. The predicted molar refractivity (Wildman–Crippen MR) is 100.0 cm³/mol. The molecule has 0 aliphatic heterocycles. The van der Waals surface area contributed by atoms with Crippen LogP contribution in [0.5, 0.6) is 0 Å². The summed E-state index contributed by atoms with van der Waals surface area (Å²) in [5.74, 6) is 1.34. The first-order valence-corrected chi connectivity index (χ1v) is 8.24. The number of anilines is 2. The van der Waals surface area contributed by atoms with Crippen molar-refractivity contribution in [1.82, 2.24) is 20.1 Å². The van der Waals surface area contributed by atoms with Crippen molar-refractivity contribution in [3.05, 3.63) is 72.5 Å². The molecule has 0 fully saturated rings. The molecule has 128 valence electrons. The molecule has 0 saturated carbocycles. The number of benzene rings is 1. The molecular formula is C20H17N5O. The van der Waals surface area contributed by atoms with Crippen LogP contribution in [0.25, 0.3) is 22.4 Å². The van der Waals surface area contributed by atoms with Gasteiger partial charge in [-0.3, -0.25) is 4.98 Å². The molecule has 0 bridgehead atoms. The summed E-state index contributed by atoms with van der Waals surface area (Å²) in [6.45, 7) is 3.85. The van der Waals surface area contributed by atoms with Crippen LogP contribution in [0.2, 0.25) is 0 Å². The molecule has 3 heterocycles. The number of nitrogens with one attached hydrogen (secondary N) is 1. The van der Waals surface area contributed by atoms with Crippen molar-refractivity contribution in [2.24, 2.45) is 0 Å². The lowest BCUT2D eigenvalue weighted by Gasteiger charge is -2.08. The van der Waals surface area contributed by atoms with E-state index in [0.717, 1.165) is 39.5 Å². The van der Waals surface area contributed by atoms with Crippen LogP contribution in [-0.4, -0.2) is 20.1 Å². The van der Waals surface area contributed by atoms with Gasteiger partial charge in [-0.1, -0.05) is 17.3 Å². The van der Waals surface area contributed by atoms with Crippen LogP contribution in [-0.2, 0) is 0 Å². The summed E-state index contributed by atoms with van der Waals surface area (Å²) in [6.07, 6.45) is 5.23. The van der Waals surface area contributed by atoms with E-state index in [2.05, 4.69) is 25.4 Å². The fraction of sp³-hybridized carbons (Fsp3) is 0.100. The molecule has 4 aromatic rings. The van der Waals surface area contributed by atoms with Crippen LogP contribution >= 0.6 is 0 Å². The number of pyridine rings is 1. The van der Waals surface area contributed by atoms with Gasteiger partial charge in [-0.05, 0) is 49.7 Å². The Balaban J connectivity index is 1.64. The fourth-order valence-electron chi connectivity index (χ4n) is 2.88. The number of hydrogen-bond donors (Lipinski definition) is 1. The summed E-state index contributed by atoms with van der Waals surface area (Å²) in [5.41, 5.74) is 5.66. The van der Waals surface area contributed by atoms with Gasteiger partial charge in [-0.2, -0.15) is 0 Å². The number of hydrogen-bond acceptors (Lipinski definition) is 6. The van der Waals surface area contributed by atoms with Gasteiger partial charge < -0.3 is 9.84 Å². The van der Waals surface area contributed by atoms with E-state index in [-0.39, 0.29) is 0 Å². The SMILES string of the molecule is Cc1noc(C)c1-c1cccc(Nc2nccc(-c3ccncc3)n2)c1. The largest absolute Gasteiger partial charge is 0.361 e. The maximum Gasteiger partial charge on any atom is 0.227 e. The summed E-state index contributed by atoms with van der Waals surface area (Å²) in [7, 11) is 0. The first-order chi connectivity index (χ1) is 12.7. The fourth-order valence-corrected chi connectivity index (χ4v) is 2.88. The normalized spacial score (nSPS) is 10.7. The smallest absolute Gasteiger partial charge is 0.227 e. The highest BCUT2D eigenvalue weighted by Crippen LogP contribution is 2.29. The van der Waals surface area contributed by atoms with Crippen LogP contribution in [0.3, 0.4) is 0 Å². The minimum Gasteiger partial charge on any atom is -0.361 e. The Morgan fingerprint density at radius 3 is 2.54 bits per heavy atom. The molecule has 0 saturated heterocycles. The minimum absolute atomic E-state index is 0.537. The number of aromatic nitrogens is 4. The Morgan fingerprint density at radius 2 is 1.77 bits per heavy atom. The molecule has 1 aromatic carbocycles. The molecule has 0 amide bonds. The second kappa shape index (κ2) is 6.76.